The molecule has 0 radical (unpaired) electrons. The van der Waals surface area contributed by atoms with Crippen molar-refractivity contribution in [2.24, 2.45) is 0 Å². The summed E-state index contributed by atoms with van der Waals surface area (Å²) >= 11 is 0. The highest BCUT2D eigenvalue weighted by atomic mass is 16.5. The van der Waals surface area contributed by atoms with Crippen LogP contribution in [0.4, 0.5) is 0 Å². The molecule has 1 fully saturated rings. The Morgan fingerprint density at radius 2 is 1.61 bits per heavy atom. The van der Waals surface area contributed by atoms with Gasteiger partial charge in [-0.2, -0.15) is 0 Å². The lowest BCUT2D eigenvalue weighted by molar-refractivity contribution is -0.149. The predicted molar refractivity (Wildman–Crippen MR) is 89.2 cm³/mol. The van der Waals surface area contributed by atoms with Gasteiger partial charge in [0.2, 0.25) is 5.91 Å². The van der Waals surface area contributed by atoms with Crippen LogP contribution in [0.25, 0.3) is 0 Å². The fourth-order valence-electron chi connectivity index (χ4n) is 2.74. The number of carbonyl (C=O) groups is 2. The van der Waals surface area contributed by atoms with Gasteiger partial charge in [-0.05, 0) is 32.4 Å². The van der Waals surface area contributed by atoms with Gasteiger partial charge in [-0.3, -0.25) is 9.59 Å². The van der Waals surface area contributed by atoms with E-state index >= 15 is 0 Å². The van der Waals surface area contributed by atoms with Crippen LogP contribution in [0, 0.1) is 0 Å². The number of hydrogen-bond acceptors (Lipinski definition) is 3. The number of piperazine rings is 1. The summed E-state index contributed by atoms with van der Waals surface area (Å²) in [6.07, 6.45) is 1.44. The molecule has 0 aliphatic carbocycles. The molecule has 0 N–H and O–H groups in total. The molecule has 2 amide bonds. The topological polar surface area (TPSA) is 49.9 Å². The second-order valence-corrected chi connectivity index (χ2v) is 6.35. The van der Waals surface area contributed by atoms with E-state index in [0.29, 0.717) is 38.3 Å². The van der Waals surface area contributed by atoms with Crippen molar-refractivity contribution in [3.8, 4) is 5.75 Å². The average molecular weight is 318 g/mol. The number of benzene rings is 1. The molecular formula is C18H26N2O3. The Morgan fingerprint density at radius 3 is 2.17 bits per heavy atom. The third-order valence-corrected chi connectivity index (χ3v) is 4.01. The number of amides is 2. The second-order valence-electron chi connectivity index (χ2n) is 6.35. The van der Waals surface area contributed by atoms with Gasteiger partial charge in [0.05, 0.1) is 0 Å². The molecule has 0 atom stereocenters. The van der Waals surface area contributed by atoms with Crippen molar-refractivity contribution in [1.29, 1.82) is 0 Å². The lowest BCUT2D eigenvalue weighted by Gasteiger charge is -2.38. The molecule has 0 spiro atoms. The van der Waals surface area contributed by atoms with Crippen molar-refractivity contribution in [1.82, 2.24) is 9.80 Å². The standard InChI is InChI=1S/C18H26N2O3/c1-4-8-16(21)19-11-13-20(14-12-19)17(22)18(2,3)23-15-9-6-5-7-10-15/h5-7,9-10H,4,8,11-14H2,1-3H3. The lowest BCUT2D eigenvalue weighted by Crippen LogP contribution is -2.56. The lowest BCUT2D eigenvalue weighted by atomic mass is 10.1. The Hall–Kier alpha value is -2.04. The van der Waals surface area contributed by atoms with Crippen molar-refractivity contribution in [3.05, 3.63) is 30.3 Å². The Bertz CT molecular complexity index is 534. The summed E-state index contributed by atoms with van der Waals surface area (Å²) in [5.74, 6) is 0.825. The minimum atomic E-state index is -0.920. The van der Waals surface area contributed by atoms with Gasteiger partial charge in [-0.1, -0.05) is 25.1 Å². The highest BCUT2D eigenvalue weighted by Gasteiger charge is 2.36. The van der Waals surface area contributed by atoms with Crippen molar-refractivity contribution in [2.75, 3.05) is 26.2 Å². The summed E-state index contributed by atoms with van der Waals surface area (Å²) in [5, 5.41) is 0. The maximum atomic E-state index is 12.7. The Balaban J connectivity index is 1.92. The van der Waals surface area contributed by atoms with Crippen LogP contribution in [0.3, 0.4) is 0 Å². The summed E-state index contributed by atoms with van der Waals surface area (Å²) in [4.78, 5) is 28.3. The van der Waals surface area contributed by atoms with E-state index in [4.69, 9.17) is 4.74 Å². The summed E-state index contributed by atoms with van der Waals surface area (Å²) in [6, 6.07) is 9.36. The number of para-hydroxylation sites is 1. The number of hydrogen-bond donors (Lipinski definition) is 0. The molecule has 1 heterocycles. The quantitative estimate of drug-likeness (QED) is 0.837. The van der Waals surface area contributed by atoms with Crippen LogP contribution >= 0.6 is 0 Å². The van der Waals surface area contributed by atoms with Crippen LogP contribution in [-0.2, 0) is 9.59 Å². The number of ether oxygens (including phenoxy) is 1. The van der Waals surface area contributed by atoms with Crippen molar-refractivity contribution in [3.63, 3.8) is 0 Å². The molecule has 1 aromatic rings. The molecule has 5 nitrogen and oxygen atoms in total. The molecular weight excluding hydrogens is 292 g/mol. The van der Waals surface area contributed by atoms with Gasteiger partial charge >= 0.3 is 0 Å². The highest BCUT2D eigenvalue weighted by molar-refractivity contribution is 5.85. The fourth-order valence-corrected chi connectivity index (χ4v) is 2.74. The van der Waals surface area contributed by atoms with E-state index in [0.717, 1.165) is 6.42 Å². The molecule has 5 heteroatoms. The van der Waals surface area contributed by atoms with Crippen molar-refractivity contribution >= 4 is 11.8 Å². The van der Waals surface area contributed by atoms with Crippen molar-refractivity contribution in [2.45, 2.75) is 39.2 Å². The van der Waals surface area contributed by atoms with Crippen LogP contribution in [0.15, 0.2) is 30.3 Å². The zero-order chi connectivity index (χ0) is 16.9. The molecule has 23 heavy (non-hydrogen) atoms. The first-order valence-corrected chi connectivity index (χ1v) is 8.25. The molecule has 2 rings (SSSR count). The first-order valence-electron chi connectivity index (χ1n) is 8.25. The minimum absolute atomic E-state index is 0.0380. The second kappa shape index (κ2) is 7.49. The largest absolute Gasteiger partial charge is 0.478 e. The smallest absolute Gasteiger partial charge is 0.266 e. The zero-order valence-corrected chi connectivity index (χ0v) is 14.2. The summed E-state index contributed by atoms with van der Waals surface area (Å²) in [7, 11) is 0. The Labute approximate surface area is 138 Å². The molecule has 0 saturated carbocycles. The Morgan fingerprint density at radius 1 is 1.04 bits per heavy atom. The average Bonchev–Trinajstić information content (AvgIpc) is 2.55. The van der Waals surface area contributed by atoms with E-state index in [2.05, 4.69) is 0 Å². The number of carbonyl (C=O) groups excluding carboxylic acids is 2. The molecule has 1 saturated heterocycles. The van der Waals surface area contributed by atoms with Crippen LogP contribution in [0.5, 0.6) is 5.75 Å². The van der Waals surface area contributed by atoms with Gasteiger partial charge < -0.3 is 14.5 Å². The summed E-state index contributed by atoms with van der Waals surface area (Å²) < 4.78 is 5.86. The third-order valence-electron chi connectivity index (χ3n) is 4.01. The first kappa shape index (κ1) is 17.3. The van der Waals surface area contributed by atoms with Crippen LogP contribution in [0.2, 0.25) is 0 Å². The van der Waals surface area contributed by atoms with E-state index in [9.17, 15) is 9.59 Å². The molecule has 126 valence electrons. The maximum Gasteiger partial charge on any atom is 0.266 e. The maximum absolute atomic E-state index is 12.7. The van der Waals surface area contributed by atoms with Gasteiger partial charge in [0.25, 0.3) is 5.91 Å². The Kier molecular flexibility index (Phi) is 5.64. The molecule has 1 aromatic carbocycles. The van der Waals surface area contributed by atoms with Gasteiger partial charge in [-0.25, -0.2) is 0 Å². The van der Waals surface area contributed by atoms with Crippen LogP contribution in [0.1, 0.15) is 33.6 Å². The van der Waals surface area contributed by atoms with E-state index < -0.39 is 5.60 Å². The van der Waals surface area contributed by atoms with E-state index in [1.165, 1.54) is 0 Å². The molecule has 0 aromatic heterocycles. The van der Waals surface area contributed by atoms with Gasteiger partial charge in [0.15, 0.2) is 5.60 Å². The van der Waals surface area contributed by atoms with Gasteiger partial charge in [-0.15, -0.1) is 0 Å². The van der Waals surface area contributed by atoms with Crippen LogP contribution < -0.4 is 4.74 Å². The van der Waals surface area contributed by atoms with Crippen LogP contribution in [-0.4, -0.2) is 53.4 Å². The molecule has 0 unspecified atom stereocenters. The third kappa shape index (κ3) is 4.47. The van der Waals surface area contributed by atoms with E-state index in [1.807, 2.05) is 42.2 Å². The first-order chi connectivity index (χ1) is 10.9. The molecule has 1 aliphatic heterocycles. The molecule has 1 aliphatic rings. The highest BCUT2D eigenvalue weighted by Crippen LogP contribution is 2.20. The summed E-state index contributed by atoms with van der Waals surface area (Å²) in [5.41, 5.74) is -0.920. The zero-order valence-electron chi connectivity index (χ0n) is 14.2. The monoisotopic (exact) mass is 318 g/mol. The SMILES string of the molecule is CCCC(=O)N1CCN(C(=O)C(C)(C)Oc2ccccc2)CC1. The minimum Gasteiger partial charge on any atom is -0.478 e. The van der Waals surface area contributed by atoms with Gasteiger partial charge in [0.1, 0.15) is 5.75 Å². The van der Waals surface area contributed by atoms with E-state index in [1.54, 1.807) is 18.7 Å². The normalized spacial score (nSPS) is 15.4. The fraction of sp³-hybridized carbons (Fsp3) is 0.556. The predicted octanol–water partition coefficient (Wildman–Crippen LogP) is 2.31. The molecule has 0 bridgehead atoms. The summed E-state index contributed by atoms with van der Waals surface area (Å²) in [6.45, 7) is 7.92. The van der Waals surface area contributed by atoms with E-state index in [-0.39, 0.29) is 11.8 Å². The number of rotatable bonds is 5. The number of nitrogens with zero attached hydrogens (tertiary/aromatic N) is 2. The van der Waals surface area contributed by atoms with Crippen molar-refractivity contribution < 1.29 is 14.3 Å². The van der Waals surface area contributed by atoms with Gasteiger partial charge in [0, 0.05) is 32.6 Å².